The number of para-hydroxylation sites is 1. The summed E-state index contributed by atoms with van der Waals surface area (Å²) in [6.45, 7) is 6.50. The quantitative estimate of drug-likeness (QED) is 0.780. The van der Waals surface area contributed by atoms with E-state index in [9.17, 15) is 4.79 Å². The second-order valence-electron chi connectivity index (χ2n) is 4.74. The number of carbonyl (C=O) groups excluding carboxylic acids is 1. The van der Waals surface area contributed by atoms with Crippen molar-refractivity contribution in [3.8, 4) is 5.75 Å². The van der Waals surface area contributed by atoms with E-state index in [1.165, 1.54) is 0 Å². The standard InChI is InChI=1S/C14H20BrNO2/c1-5-18-12-9-7-6-8-11(12)13(17)16(4)14(2,3)10-15/h6-9H,5,10H2,1-4H3. The summed E-state index contributed by atoms with van der Waals surface area (Å²) in [4.78, 5) is 14.2. The molecule has 0 aliphatic rings. The highest BCUT2D eigenvalue weighted by Crippen LogP contribution is 2.24. The second kappa shape index (κ2) is 6.23. The molecule has 0 unspecified atom stereocenters. The molecule has 0 aliphatic carbocycles. The van der Waals surface area contributed by atoms with Gasteiger partial charge in [-0.05, 0) is 32.9 Å². The summed E-state index contributed by atoms with van der Waals surface area (Å²) in [5.74, 6) is 0.616. The predicted molar refractivity (Wildman–Crippen MR) is 77.6 cm³/mol. The third-order valence-corrected chi connectivity index (χ3v) is 4.33. The van der Waals surface area contributed by atoms with Gasteiger partial charge in [0.1, 0.15) is 5.75 Å². The minimum absolute atomic E-state index is 0.0245. The van der Waals surface area contributed by atoms with Crippen LogP contribution in [0.4, 0.5) is 0 Å². The zero-order chi connectivity index (χ0) is 13.8. The molecule has 18 heavy (non-hydrogen) atoms. The predicted octanol–water partition coefficient (Wildman–Crippen LogP) is 3.33. The Morgan fingerprint density at radius 2 is 2.00 bits per heavy atom. The molecule has 1 amide bonds. The number of hydrogen-bond acceptors (Lipinski definition) is 2. The van der Waals surface area contributed by atoms with Gasteiger partial charge in [0.15, 0.2) is 0 Å². The van der Waals surface area contributed by atoms with Crippen LogP contribution in [0, 0.1) is 0 Å². The van der Waals surface area contributed by atoms with Crippen molar-refractivity contribution in [2.45, 2.75) is 26.3 Å². The molecule has 0 N–H and O–H groups in total. The van der Waals surface area contributed by atoms with E-state index >= 15 is 0 Å². The highest BCUT2D eigenvalue weighted by atomic mass is 79.9. The van der Waals surface area contributed by atoms with Gasteiger partial charge in [-0.2, -0.15) is 0 Å². The minimum atomic E-state index is -0.240. The van der Waals surface area contributed by atoms with Gasteiger partial charge in [0.25, 0.3) is 5.91 Å². The molecule has 1 aromatic carbocycles. The zero-order valence-electron chi connectivity index (χ0n) is 11.4. The molecule has 0 bridgehead atoms. The lowest BCUT2D eigenvalue weighted by molar-refractivity contribution is 0.0659. The average Bonchev–Trinajstić information content (AvgIpc) is 2.38. The molecule has 0 atom stereocenters. The molecule has 0 spiro atoms. The van der Waals surface area contributed by atoms with Gasteiger partial charge >= 0.3 is 0 Å². The van der Waals surface area contributed by atoms with Crippen molar-refractivity contribution in [3.63, 3.8) is 0 Å². The van der Waals surface area contributed by atoms with Gasteiger partial charge < -0.3 is 9.64 Å². The number of nitrogens with zero attached hydrogens (tertiary/aromatic N) is 1. The highest BCUT2D eigenvalue weighted by Gasteiger charge is 2.28. The number of rotatable bonds is 5. The topological polar surface area (TPSA) is 29.5 Å². The number of ether oxygens (including phenoxy) is 1. The third kappa shape index (κ3) is 3.25. The van der Waals surface area contributed by atoms with Crippen molar-refractivity contribution in [1.82, 2.24) is 4.90 Å². The fourth-order valence-corrected chi connectivity index (χ4v) is 1.85. The minimum Gasteiger partial charge on any atom is -0.493 e. The summed E-state index contributed by atoms with van der Waals surface area (Å²) >= 11 is 3.44. The number of benzene rings is 1. The number of halogens is 1. The smallest absolute Gasteiger partial charge is 0.257 e. The van der Waals surface area contributed by atoms with Crippen molar-refractivity contribution >= 4 is 21.8 Å². The van der Waals surface area contributed by atoms with Gasteiger partial charge in [-0.1, -0.05) is 28.1 Å². The first-order valence-corrected chi connectivity index (χ1v) is 7.12. The van der Waals surface area contributed by atoms with Crippen LogP contribution in [-0.2, 0) is 0 Å². The summed E-state index contributed by atoms with van der Waals surface area (Å²) in [7, 11) is 1.81. The Morgan fingerprint density at radius 3 is 2.56 bits per heavy atom. The van der Waals surface area contributed by atoms with Crippen LogP contribution in [0.25, 0.3) is 0 Å². The average molecular weight is 314 g/mol. The molecule has 0 saturated heterocycles. The third-order valence-electron chi connectivity index (χ3n) is 2.96. The first-order chi connectivity index (χ1) is 8.44. The van der Waals surface area contributed by atoms with Gasteiger partial charge in [0, 0.05) is 17.9 Å². The fraction of sp³-hybridized carbons (Fsp3) is 0.500. The van der Waals surface area contributed by atoms with Crippen LogP contribution in [0.1, 0.15) is 31.1 Å². The first-order valence-electron chi connectivity index (χ1n) is 6.00. The van der Waals surface area contributed by atoms with E-state index < -0.39 is 0 Å². The van der Waals surface area contributed by atoms with Crippen LogP contribution >= 0.6 is 15.9 Å². The molecule has 100 valence electrons. The molecule has 0 heterocycles. The van der Waals surface area contributed by atoms with E-state index in [1.54, 1.807) is 11.0 Å². The molecule has 0 saturated carbocycles. The van der Waals surface area contributed by atoms with Crippen molar-refractivity contribution in [3.05, 3.63) is 29.8 Å². The number of carbonyl (C=O) groups is 1. The molecule has 0 fully saturated rings. The van der Waals surface area contributed by atoms with Gasteiger partial charge in [-0.15, -0.1) is 0 Å². The molecule has 0 aromatic heterocycles. The second-order valence-corrected chi connectivity index (χ2v) is 5.30. The maximum Gasteiger partial charge on any atom is 0.257 e. The maximum atomic E-state index is 12.5. The van der Waals surface area contributed by atoms with E-state index in [-0.39, 0.29) is 11.4 Å². The molecule has 0 radical (unpaired) electrons. The molecule has 1 aromatic rings. The first kappa shape index (κ1) is 15.0. The normalized spacial score (nSPS) is 11.2. The van der Waals surface area contributed by atoms with E-state index in [0.717, 1.165) is 5.33 Å². The molecule has 4 heteroatoms. The Morgan fingerprint density at radius 1 is 1.39 bits per heavy atom. The Labute approximate surface area is 117 Å². The molecular formula is C14H20BrNO2. The van der Waals surface area contributed by atoms with E-state index in [0.29, 0.717) is 17.9 Å². The van der Waals surface area contributed by atoms with Crippen LogP contribution in [0.3, 0.4) is 0 Å². The van der Waals surface area contributed by atoms with E-state index in [1.807, 2.05) is 46.0 Å². The summed E-state index contributed by atoms with van der Waals surface area (Å²) in [6, 6.07) is 7.35. The summed E-state index contributed by atoms with van der Waals surface area (Å²) < 4.78 is 5.50. The largest absolute Gasteiger partial charge is 0.493 e. The van der Waals surface area contributed by atoms with E-state index in [2.05, 4.69) is 15.9 Å². The van der Waals surface area contributed by atoms with Crippen LogP contribution < -0.4 is 4.74 Å². The van der Waals surface area contributed by atoms with Crippen molar-refractivity contribution in [2.24, 2.45) is 0 Å². The highest BCUT2D eigenvalue weighted by molar-refractivity contribution is 9.09. The van der Waals surface area contributed by atoms with Crippen LogP contribution in [-0.4, -0.2) is 35.3 Å². The Hall–Kier alpha value is -1.03. The van der Waals surface area contributed by atoms with Gasteiger partial charge in [-0.3, -0.25) is 4.79 Å². The van der Waals surface area contributed by atoms with Crippen LogP contribution in [0.15, 0.2) is 24.3 Å². The Kier molecular flexibility index (Phi) is 5.20. The van der Waals surface area contributed by atoms with Gasteiger partial charge in [-0.25, -0.2) is 0 Å². The van der Waals surface area contributed by atoms with Gasteiger partial charge in [0.2, 0.25) is 0 Å². The molecule has 1 rings (SSSR count). The van der Waals surface area contributed by atoms with Crippen molar-refractivity contribution in [1.29, 1.82) is 0 Å². The summed E-state index contributed by atoms with van der Waals surface area (Å²) in [6.07, 6.45) is 0. The lowest BCUT2D eigenvalue weighted by atomic mass is 10.0. The maximum absolute atomic E-state index is 12.5. The lowest BCUT2D eigenvalue weighted by Gasteiger charge is -2.34. The number of hydrogen-bond donors (Lipinski definition) is 0. The molecule has 3 nitrogen and oxygen atoms in total. The Bertz CT molecular complexity index is 418. The van der Waals surface area contributed by atoms with Crippen molar-refractivity contribution < 1.29 is 9.53 Å². The molecular weight excluding hydrogens is 294 g/mol. The zero-order valence-corrected chi connectivity index (χ0v) is 13.0. The fourth-order valence-electron chi connectivity index (χ4n) is 1.47. The summed E-state index contributed by atoms with van der Waals surface area (Å²) in [5.41, 5.74) is 0.368. The molecule has 0 aliphatic heterocycles. The summed E-state index contributed by atoms with van der Waals surface area (Å²) in [5, 5.41) is 0.721. The number of alkyl halides is 1. The van der Waals surface area contributed by atoms with E-state index in [4.69, 9.17) is 4.74 Å². The van der Waals surface area contributed by atoms with Gasteiger partial charge in [0.05, 0.1) is 12.2 Å². The van der Waals surface area contributed by atoms with Crippen molar-refractivity contribution in [2.75, 3.05) is 19.0 Å². The lowest BCUT2D eigenvalue weighted by Crippen LogP contribution is -2.46. The van der Waals surface area contributed by atoms with Crippen LogP contribution in [0.5, 0.6) is 5.75 Å². The monoisotopic (exact) mass is 313 g/mol. The number of amides is 1. The SMILES string of the molecule is CCOc1ccccc1C(=O)N(C)C(C)(C)CBr. The Balaban J connectivity index is 3.04. The van der Waals surface area contributed by atoms with Crippen LogP contribution in [0.2, 0.25) is 0 Å².